The molecule has 3 rings (SSSR count). The summed E-state index contributed by atoms with van der Waals surface area (Å²) in [6, 6.07) is 10.3. The van der Waals surface area contributed by atoms with Crippen LogP contribution in [-0.2, 0) is 22.6 Å². The van der Waals surface area contributed by atoms with Crippen molar-refractivity contribution < 1.29 is 9.53 Å². The number of rotatable bonds is 7. The summed E-state index contributed by atoms with van der Waals surface area (Å²) in [7, 11) is 0. The van der Waals surface area contributed by atoms with Gasteiger partial charge in [-0.25, -0.2) is 0 Å². The van der Waals surface area contributed by atoms with Crippen molar-refractivity contribution >= 4 is 17.7 Å². The summed E-state index contributed by atoms with van der Waals surface area (Å²) in [5.74, 6) is 0.954. The number of aromatic nitrogens is 3. The summed E-state index contributed by atoms with van der Waals surface area (Å²) in [4.78, 5) is 14.6. The summed E-state index contributed by atoms with van der Waals surface area (Å²) in [5.41, 5.74) is 0.718. The average molecular weight is 403 g/mol. The zero-order valence-electron chi connectivity index (χ0n) is 17.1. The van der Waals surface area contributed by atoms with Crippen LogP contribution in [0.4, 0.5) is 0 Å². The molecule has 6 nitrogen and oxygen atoms in total. The van der Waals surface area contributed by atoms with Gasteiger partial charge in [0.05, 0.1) is 18.8 Å². The molecule has 0 spiro atoms. The number of thioether (sulfide) groups is 1. The molecule has 2 heterocycles. The van der Waals surface area contributed by atoms with Crippen LogP contribution in [0.25, 0.3) is 0 Å². The zero-order chi connectivity index (χ0) is 20.0. The maximum absolute atomic E-state index is 12.1. The van der Waals surface area contributed by atoms with Gasteiger partial charge in [-0.1, -0.05) is 48.5 Å². The Morgan fingerprint density at radius 1 is 1.07 bits per heavy atom. The van der Waals surface area contributed by atoms with Crippen LogP contribution < -0.4 is 0 Å². The second-order valence-electron chi connectivity index (χ2n) is 8.18. The zero-order valence-corrected chi connectivity index (χ0v) is 17.9. The molecule has 152 valence electrons. The van der Waals surface area contributed by atoms with E-state index in [0.717, 1.165) is 30.6 Å². The number of hydrogen-bond acceptors (Lipinski definition) is 6. The number of nitrogens with zero attached hydrogens (tertiary/aromatic N) is 4. The normalized spacial score (nSPS) is 15.5. The van der Waals surface area contributed by atoms with E-state index in [4.69, 9.17) is 4.74 Å². The molecule has 0 atom stereocenters. The van der Waals surface area contributed by atoms with Crippen LogP contribution in [0, 0.1) is 0 Å². The number of carbonyl (C=O) groups is 1. The fourth-order valence-electron chi connectivity index (χ4n) is 3.28. The molecule has 1 saturated heterocycles. The van der Waals surface area contributed by atoms with Crippen molar-refractivity contribution in [1.82, 2.24) is 19.7 Å². The van der Waals surface area contributed by atoms with Gasteiger partial charge in [0.2, 0.25) is 0 Å². The Kier molecular flexibility index (Phi) is 7.13. The first kappa shape index (κ1) is 20.9. The van der Waals surface area contributed by atoms with E-state index < -0.39 is 5.60 Å². The van der Waals surface area contributed by atoms with E-state index in [9.17, 15) is 4.79 Å². The van der Waals surface area contributed by atoms with Crippen molar-refractivity contribution in [2.45, 2.75) is 63.9 Å². The minimum atomic E-state index is -0.477. The first-order chi connectivity index (χ1) is 13.4. The van der Waals surface area contributed by atoms with Crippen LogP contribution in [0.5, 0.6) is 0 Å². The molecule has 1 aromatic heterocycles. The quantitative estimate of drug-likeness (QED) is 0.519. The molecule has 0 aliphatic carbocycles. The van der Waals surface area contributed by atoms with E-state index in [1.165, 1.54) is 36.6 Å². The van der Waals surface area contributed by atoms with Crippen LogP contribution in [-0.4, -0.2) is 50.1 Å². The van der Waals surface area contributed by atoms with E-state index in [1.54, 1.807) is 0 Å². The van der Waals surface area contributed by atoms with E-state index >= 15 is 0 Å². The molecule has 0 radical (unpaired) electrons. The van der Waals surface area contributed by atoms with Gasteiger partial charge in [0.15, 0.2) is 5.16 Å². The lowest BCUT2D eigenvalue weighted by Gasteiger charge is -2.26. The molecular formula is C21H30N4O2S. The first-order valence-corrected chi connectivity index (χ1v) is 10.9. The van der Waals surface area contributed by atoms with Gasteiger partial charge in [-0.2, -0.15) is 0 Å². The highest BCUT2D eigenvalue weighted by Gasteiger charge is 2.20. The molecule has 0 bridgehead atoms. The lowest BCUT2D eigenvalue weighted by atomic mass is 10.1. The number of benzene rings is 1. The Labute approximate surface area is 171 Å². The second-order valence-corrected chi connectivity index (χ2v) is 9.12. The smallest absolute Gasteiger partial charge is 0.316 e. The maximum Gasteiger partial charge on any atom is 0.316 e. The number of piperidine rings is 1. The lowest BCUT2D eigenvalue weighted by Crippen LogP contribution is -2.30. The molecular weight excluding hydrogens is 372 g/mol. The summed E-state index contributed by atoms with van der Waals surface area (Å²) in [5, 5.41) is 9.61. The predicted molar refractivity (Wildman–Crippen MR) is 111 cm³/mol. The van der Waals surface area contributed by atoms with Crippen LogP contribution in [0.3, 0.4) is 0 Å². The van der Waals surface area contributed by atoms with Crippen molar-refractivity contribution in [3.8, 4) is 0 Å². The highest BCUT2D eigenvalue weighted by Crippen LogP contribution is 2.22. The number of carbonyl (C=O) groups excluding carboxylic acids is 1. The lowest BCUT2D eigenvalue weighted by molar-refractivity contribution is -0.151. The molecule has 0 saturated carbocycles. The number of likely N-dealkylation sites (tertiary alicyclic amines) is 1. The summed E-state index contributed by atoms with van der Waals surface area (Å²) >= 11 is 1.39. The van der Waals surface area contributed by atoms with Crippen molar-refractivity contribution in [2.24, 2.45) is 0 Å². The fraction of sp³-hybridized carbons (Fsp3) is 0.571. The van der Waals surface area contributed by atoms with E-state index in [2.05, 4.69) is 31.8 Å². The van der Waals surface area contributed by atoms with Gasteiger partial charge in [-0.3, -0.25) is 9.69 Å². The third kappa shape index (κ3) is 6.34. The minimum Gasteiger partial charge on any atom is -0.459 e. The third-order valence-electron chi connectivity index (χ3n) is 4.53. The van der Waals surface area contributed by atoms with Crippen molar-refractivity contribution in [2.75, 3.05) is 18.8 Å². The summed E-state index contributed by atoms with van der Waals surface area (Å²) < 4.78 is 7.56. The van der Waals surface area contributed by atoms with Gasteiger partial charge in [0, 0.05) is 0 Å². The van der Waals surface area contributed by atoms with Gasteiger partial charge in [-0.05, 0) is 52.3 Å². The van der Waals surface area contributed by atoms with Crippen LogP contribution >= 0.6 is 11.8 Å². The highest BCUT2D eigenvalue weighted by atomic mass is 32.2. The Bertz CT molecular complexity index is 764. The summed E-state index contributed by atoms with van der Waals surface area (Å²) in [6.45, 7) is 9.36. The molecule has 0 amide bonds. The van der Waals surface area contributed by atoms with Gasteiger partial charge in [0.25, 0.3) is 0 Å². The second kappa shape index (κ2) is 9.56. The number of hydrogen-bond donors (Lipinski definition) is 0. The molecule has 7 heteroatoms. The Balaban J connectivity index is 1.73. The maximum atomic E-state index is 12.1. The Hall–Kier alpha value is -1.86. The molecule has 1 aliphatic rings. The van der Waals surface area contributed by atoms with Gasteiger partial charge >= 0.3 is 5.97 Å². The summed E-state index contributed by atoms with van der Waals surface area (Å²) in [6.07, 6.45) is 3.80. The van der Waals surface area contributed by atoms with E-state index in [-0.39, 0.29) is 11.7 Å². The molecule has 1 fully saturated rings. The number of ether oxygens (including phenoxy) is 1. The standard InChI is InChI=1S/C21H30N4O2S/c1-21(2,3)27-19(26)16-28-20-23-22-18(15-24-12-8-5-9-13-24)25(20)14-17-10-6-4-7-11-17/h4,6-7,10-11H,5,8-9,12-16H2,1-3H3. The van der Waals surface area contributed by atoms with Crippen LogP contribution in [0.2, 0.25) is 0 Å². The van der Waals surface area contributed by atoms with Crippen molar-refractivity contribution in [3.05, 3.63) is 41.7 Å². The SMILES string of the molecule is CC(C)(C)OC(=O)CSc1nnc(CN2CCCCC2)n1Cc1ccccc1. The van der Waals surface area contributed by atoms with E-state index in [1.807, 2.05) is 39.0 Å². The number of esters is 1. The van der Waals surface area contributed by atoms with Crippen molar-refractivity contribution in [1.29, 1.82) is 0 Å². The van der Waals surface area contributed by atoms with Gasteiger partial charge < -0.3 is 9.30 Å². The first-order valence-electron chi connectivity index (χ1n) is 9.94. The molecule has 0 unspecified atom stereocenters. The molecule has 28 heavy (non-hydrogen) atoms. The topological polar surface area (TPSA) is 60.2 Å². The van der Waals surface area contributed by atoms with Crippen LogP contribution in [0.1, 0.15) is 51.4 Å². The van der Waals surface area contributed by atoms with Crippen LogP contribution in [0.15, 0.2) is 35.5 Å². The molecule has 2 aromatic rings. The average Bonchev–Trinajstić information content (AvgIpc) is 3.02. The minimum absolute atomic E-state index is 0.230. The van der Waals surface area contributed by atoms with Crippen molar-refractivity contribution in [3.63, 3.8) is 0 Å². The molecule has 1 aromatic carbocycles. The monoisotopic (exact) mass is 402 g/mol. The Morgan fingerprint density at radius 2 is 1.79 bits per heavy atom. The van der Waals surface area contributed by atoms with Gasteiger partial charge in [-0.15, -0.1) is 10.2 Å². The molecule has 1 aliphatic heterocycles. The third-order valence-corrected chi connectivity index (χ3v) is 5.47. The Morgan fingerprint density at radius 3 is 2.46 bits per heavy atom. The predicted octanol–water partition coefficient (Wildman–Crippen LogP) is 3.75. The van der Waals surface area contributed by atoms with E-state index in [0.29, 0.717) is 6.54 Å². The molecule has 0 N–H and O–H groups in total. The fourth-order valence-corrected chi connectivity index (χ4v) is 4.01. The van der Waals surface area contributed by atoms with Gasteiger partial charge in [0.1, 0.15) is 11.4 Å². The largest absolute Gasteiger partial charge is 0.459 e. The highest BCUT2D eigenvalue weighted by molar-refractivity contribution is 7.99.